The molecule has 21 heavy (non-hydrogen) atoms. The molecular formula is C15H24N2O3S. The van der Waals surface area contributed by atoms with Gasteiger partial charge in [0.25, 0.3) is 0 Å². The zero-order valence-electron chi connectivity index (χ0n) is 12.5. The van der Waals surface area contributed by atoms with Gasteiger partial charge >= 0.3 is 0 Å². The number of ether oxygens (including phenoxy) is 1. The van der Waals surface area contributed by atoms with Crippen molar-refractivity contribution in [3.05, 3.63) is 24.3 Å². The third-order valence-electron chi connectivity index (χ3n) is 3.50. The lowest BCUT2D eigenvalue weighted by Crippen LogP contribution is -2.43. The van der Waals surface area contributed by atoms with Gasteiger partial charge in [-0.1, -0.05) is 6.92 Å². The van der Waals surface area contributed by atoms with E-state index in [0.717, 1.165) is 31.9 Å². The number of benzene rings is 1. The minimum atomic E-state index is -2.97. The standard InChI is InChI=1S/C15H24N2O3S/c1-2-12-21(18,19)13-11-20-15-5-3-14(4-6-15)17-9-7-16-8-10-17/h3-6,16H,2,7-13H2,1H3. The summed E-state index contributed by atoms with van der Waals surface area (Å²) in [7, 11) is -2.97. The molecule has 1 saturated heterocycles. The third-order valence-corrected chi connectivity index (χ3v) is 5.32. The van der Waals surface area contributed by atoms with Crippen LogP contribution < -0.4 is 15.0 Å². The molecule has 1 aliphatic heterocycles. The van der Waals surface area contributed by atoms with Crippen LogP contribution in [0.3, 0.4) is 0 Å². The van der Waals surface area contributed by atoms with Crippen LogP contribution in [0.4, 0.5) is 5.69 Å². The van der Waals surface area contributed by atoms with Crippen molar-refractivity contribution in [2.24, 2.45) is 0 Å². The summed E-state index contributed by atoms with van der Waals surface area (Å²) in [6, 6.07) is 7.87. The molecule has 2 rings (SSSR count). The number of sulfone groups is 1. The first-order valence-electron chi connectivity index (χ1n) is 7.50. The second-order valence-corrected chi connectivity index (χ2v) is 7.53. The monoisotopic (exact) mass is 312 g/mol. The van der Waals surface area contributed by atoms with E-state index in [9.17, 15) is 8.42 Å². The van der Waals surface area contributed by atoms with Crippen molar-refractivity contribution in [1.29, 1.82) is 0 Å². The number of hydrogen-bond donors (Lipinski definition) is 1. The first-order valence-corrected chi connectivity index (χ1v) is 9.32. The van der Waals surface area contributed by atoms with Gasteiger partial charge in [-0.05, 0) is 30.7 Å². The van der Waals surface area contributed by atoms with Gasteiger partial charge in [-0.15, -0.1) is 0 Å². The Bertz CT molecular complexity index is 522. The maximum Gasteiger partial charge on any atom is 0.153 e. The lowest BCUT2D eigenvalue weighted by molar-refractivity contribution is 0.341. The second-order valence-electron chi connectivity index (χ2n) is 5.23. The van der Waals surface area contributed by atoms with Crippen LogP contribution in [-0.4, -0.2) is 52.7 Å². The van der Waals surface area contributed by atoms with E-state index in [4.69, 9.17) is 4.74 Å². The van der Waals surface area contributed by atoms with E-state index in [-0.39, 0.29) is 18.1 Å². The average Bonchev–Trinajstić information content (AvgIpc) is 2.48. The van der Waals surface area contributed by atoms with Crippen LogP contribution in [0.1, 0.15) is 13.3 Å². The number of rotatable bonds is 7. The SMILES string of the molecule is CCCS(=O)(=O)CCOc1ccc(N2CCNCC2)cc1. The van der Waals surface area contributed by atoms with Gasteiger partial charge in [0.15, 0.2) is 9.84 Å². The van der Waals surface area contributed by atoms with E-state index in [0.29, 0.717) is 6.42 Å². The van der Waals surface area contributed by atoms with Crippen LogP contribution in [0.5, 0.6) is 5.75 Å². The molecule has 118 valence electrons. The average molecular weight is 312 g/mol. The van der Waals surface area contributed by atoms with Crippen molar-refractivity contribution >= 4 is 15.5 Å². The Morgan fingerprint density at radius 1 is 1.14 bits per heavy atom. The maximum absolute atomic E-state index is 11.6. The molecule has 6 heteroatoms. The van der Waals surface area contributed by atoms with E-state index >= 15 is 0 Å². The predicted molar refractivity (Wildman–Crippen MR) is 86.0 cm³/mol. The summed E-state index contributed by atoms with van der Waals surface area (Å²) in [5, 5.41) is 3.32. The summed E-state index contributed by atoms with van der Waals surface area (Å²) in [6.07, 6.45) is 0.654. The van der Waals surface area contributed by atoms with E-state index in [1.165, 1.54) is 5.69 Å². The molecule has 5 nitrogen and oxygen atoms in total. The smallest absolute Gasteiger partial charge is 0.153 e. The van der Waals surface area contributed by atoms with Crippen molar-refractivity contribution in [2.75, 3.05) is 49.2 Å². The summed E-state index contributed by atoms with van der Waals surface area (Å²) in [4.78, 5) is 2.33. The van der Waals surface area contributed by atoms with Crippen LogP contribution in [-0.2, 0) is 9.84 Å². The lowest BCUT2D eigenvalue weighted by Gasteiger charge is -2.29. The van der Waals surface area contributed by atoms with Crippen molar-refractivity contribution in [1.82, 2.24) is 5.32 Å². The Morgan fingerprint density at radius 2 is 1.81 bits per heavy atom. The van der Waals surface area contributed by atoms with Gasteiger partial charge in [0.1, 0.15) is 12.4 Å². The zero-order chi connectivity index (χ0) is 15.1. The third kappa shape index (κ3) is 5.21. The highest BCUT2D eigenvalue weighted by molar-refractivity contribution is 7.91. The lowest BCUT2D eigenvalue weighted by atomic mass is 10.2. The molecule has 1 heterocycles. The van der Waals surface area contributed by atoms with E-state index in [1.807, 2.05) is 31.2 Å². The minimum absolute atomic E-state index is 0.0837. The summed E-state index contributed by atoms with van der Waals surface area (Å²) in [5.41, 5.74) is 1.18. The number of hydrogen-bond acceptors (Lipinski definition) is 5. The molecule has 0 aliphatic carbocycles. The van der Waals surface area contributed by atoms with Gasteiger partial charge in [-0.3, -0.25) is 0 Å². The molecule has 0 spiro atoms. The molecule has 1 aromatic carbocycles. The number of nitrogens with zero attached hydrogens (tertiary/aromatic N) is 1. The molecule has 0 saturated carbocycles. The fraction of sp³-hybridized carbons (Fsp3) is 0.600. The summed E-state index contributed by atoms with van der Waals surface area (Å²) in [5.74, 6) is 1.04. The molecule has 1 N–H and O–H groups in total. The fourth-order valence-corrected chi connectivity index (χ4v) is 3.54. The van der Waals surface area contributed by atoms with Crippen molar-refractivity contribution in [2.45, 2.75) is 13.3 Å². The number of anilines is 1. The largest absolute Gasteiger partial charge is 0.493 e. The van der Waals surface area contributed by atoms with Gasteiger partial charge in [0, 0.05) is 31.9 Å². The van der Waals surface area contributed by atoms with Gasteiger partial charge < -0.3 is 15.0 Å². The molecule has 0 radical (unpaired) electrons. The predicted octanol–water partition coefficient (Wildman–Crippen LogP) is 1.30. The number of nitrogens with one attached hydrogen (secondary N) is 1. The van der Waals surface area contributed by atoms with E-state index in [1.54, 1.807) is 0 Å². The molecule has 1 fully saturated rings. The van der Waals surface area contributed by atoms with Crippen LogP contribution in [0.15, 0.2) is 24.3 Å². The molecule has 1 aliphatic rings. The van der Waals surface area contributed by atoms with Crippen molar-refractivity contribution in [3.8, 4) is 5.75 Å². The second kappa shape index (κ2) is 7.66. The Kier molecular flexibility index (Phi) is 5.87. The van der Waals surface area contributed by atoms with Gasteiger partial charge in [-0.25, -0.2) is 8.42 Å². The van der Waals surface area contributed by atoms with Crippen LogP contribution >= 0.6 is 0 Å². The normalized spacial score (nSPS) is 16.0. The van der Waals surface area contributed by atoms with E-state index in [2.05, 4.69) is 10.2 Å². The first kappa shape index (κ1) is 16.1. The Morgan fingerprint density at radius 3 is 2.43 bits per heavy atom. The summed E-state index contributed by atoms with van der Waals surface area (Å²) >= 11 is 0. The van der Waals surface area contributed by atoms with Gasteiger partial charge in [0.2, 0.25) is 0 Å². The van der Waals surface area contributed by atoms with Crippen molar-refractivity contribution < 1.29 is 13.2 Å². The molecular weight excluding hydrogens is 288 g/mol. The fourth-order valence-electron chi connectivity index (χ4n) is 2.38. The van der Waals surface area contributed by atoms with Crippen LogP contribution in [0, 0.1) is 0 Å². The molecule has 0 amide bonds. The van der Waals surface area contributed by atoms with Gasteiger partial charge in [0.05, 0.1) is 11.5 Å². The Hall–Kier alpha value is -1.27. The highest BCUT2D eigenvalue weighted by Gasteiger charge is 2.11. The molecule has 0 unspecified atom stereocenters. The molecule has 1 aromatic rings. The van der Waals surface area contributed by atoms with Crippen LogP contribution in [0.25, 0.3) is 0 Å². The quantitative estimate of drug-likeness (QED) is 0.822. The van der Waals surface area contributed by atoms with Crippen LogP contribution in [0.2, 0.25) is 0 Å². The molecule has 0 aromatic heterocycles. The number of piperazine rings is 1. The zero-order valence-corrected chi connectivity index (χ0v) is 13.4. The summed E-state index contributed by atoms with van der Waals surface area (Å²) < 4.78 is 28.7. The molecule has 0 atom stereocenters. The first-order chi connectivity index (χ1) is 10.1. The minimum Gasteiger partial charge on any atom is -0.493 e. The van der Waals surface area contributed by atoms with E-state index < -0.39 is 9.84 Å². The topological polar surface area (TPSA) is 58.6 Å². The maximum atomic E-state index is 11.6. The highest BCUT2D eigenvalue weighted by atomic mass is 32.2. The van der Waals surface area contributed by atoms with Crippen molar-refractivity contribution in [3.63, 3.8) is 0 Å². The Labute approximate surface area is 127 Å². The Balaban J connectivity index is 1.82. The summed E-state index contributed by atoms with van der Waals surface area (Å²) in [6.45, 7) is 6.12. The van der Waals surface area contributed by atoms with Gasteiger partial charge in [-0.2, -0.15) is 0 Å². The molecule has 0 bridgehead atoms. The highest BCUT2D eigenvalue weighted by Crippen LogP contribution is 2.19.